The Morgan fingerprint density at radius 1 is 1.15 bits per heavy atom. The van der Waals surface area contributed by atoms with Crippen LogP contribution in [0.1, 0.15) is 25.7 Å². The third-order valence-corrected chi connectivity index (χ3v) is 3.31. The van der Waals surface area contributed by atoms with Crippen LogP contribution in [0.3, 0.4) is 0 Å². The molecule has 3 unspecified atom stereocenters. The van der Waals surface area contributed by atoms with Gasteiger partial charge in [0.2, 0.25) is 0 Å². The monoisotopic (exact) mass is 182 g/mol. The summed E-state index contributed by atoms with van der Waals surface area (Å²) in [7, 11) is 1.67. The molecule has 2 saturated carbocycles. The Morgan fingerprint density at radius 3 is 2.54 bits per heavy atom. The van der Waals surface area contributed by atoms with E-state index in [-0.39, 0.29) is 35.9 Å². The van der Waals surface area contributed by atoms with E-state index >= 15 is 0 Å². The number of hydrogen-bond acceptors (Lipinski definition) is 3. The standard InChI is InChI=1S/C10H14O3/c1-13-6-2-3-7-8(4-6)10(12)5-9(7)11/h6-8H,2-5H2,1H3. The fourth-order valence-corrected chi connectivity index (χ4v) is 2.52. The van der Waals surface area contributed by atoms with Crippen LogP contribution in [-0.2, 0) is 14.3 Å². The SMILES string of the molecule is COC1CCC2C(=O)CC(=O)C2C1. The summed E-state index contributed by atoms with van der Waals surface area (Å²) in [6.45, 7) is 0. The Balaban J connectivity index is 2.10. The van der Waals surface area contributed by atoms with Gasteiger partial charge in [-0.15, -0.1) is 0 Å². The molecule has 0 aromatic heterocycles. The van der Waals surface area contributed by atoms with Crippen LogP contribution >= 0.6 is 0 Å². The molecule has 2 fully saturated rings. The number of ether oxygens (including phenoxy) is 1. The first-order valence-corrected chi connectivity index (χ1v) is 4.80. The van der Waals surface area contributed by atoms with E-state index in [1.807, 2.05) is 0 Å². The minimum absolute atomic E-state index is 0.0220. The topological polar surface area (TPSA) is 43.4 Å². The van der Waals surface area contributed by atoms with Gasteiger partial charge in [0, 0.05) is 18.9 Å². The van der Waals surface area contributed by atoms with Crippen LogP contribution in [-0.4, -0.2) is 24.8 Å². The highest BCUT2D eigenvalue weighted by molar-refractivity contribution is 6.08. The van der Waals surface area contributed by atoms with Gasteiger partial charge in [0.05, 0.1) is 12.5 Å². The second kappa shape index (κ2) is 3.22. The summed E-state index contributed by atoms with van der Waals surface area (Å²) in [6, 6.07) is 0. The summed E-state index contributed by atoms with van der Waals surface area (Å²) in [5.74, 6) is 0.298. The molecule has 3 atom stereocenters. The van der Waals surface area contributed by atoms with Crippen LogP contribution in [0.5, 0.6) is 0 Å². The average Bonchev–Trinajstić information content (AvgIpc) is 2.42. The maximum atomic E-state index is 11.4. The van der Waals surface area contributed by atoms with Crippen LogP contribution < -0.4 is 0 Å². The molecular formula is C10H14O3. The molecule has 3 nitrogen and oxygen atoms in total. The number of methoxy groups -OCH3 is 1. The van der Waals surface area contributed by atoms with Crippen molar-refractivity contribution in [3.63, 3.8) is 0 Å². The number of ketones is 2. The Kier molecular flexibility index (Phi) is 2.20. The molecule has 2 rings (SSSR count). The largest absolute Gasteiger partial charge is 0.381 e. The van der Waals surface area contributed by atoms with Gasteiger partial charge in [0.25, 0.3) is 0 Å². The smallest absolute Gasteiger partial charge is 0.144 e. The molecule has 0 aromatic rings. The van der Waals surface area contributed by atoms with Crippen molar-refractivity contribution >= 4 is 11.6 Å². The lowest BCUT2D eigenvalue weighted by molar-refractivity contribution is -0.123. The van der Waals surface area contributed by atoms with Gasteiger partial charge in [-0.25, -0.2) is 0 Å². The van der Waals surface area contributed by atoms with Crippen LogP contribution in [0.2, 0.25) is 0 Å². The zero-order valence-corrected chi connectivity index (χ0v) is 7.79. The number of Topliss-reactive ketones (excluding diaryl/α,β-unsaturated/α-hetero) is 2. The molecule has 0 radical (unpaired) electrons. The summed E-state index contributed by atoms with van der Waals surface area (Å²) in [6.07, 6.45) is 2.89. The zero-order chi connectivity index (χ0) is 9.42. The fraction of sp³-hybridized carbons (Fsp3) is 0.800. The lowest BCUT2D eigenvalue weighted by Crippen LogP contribution is -2.30. The maximum Gasteiger partial charge on any atom is 0.144 e. The van der Waals surface area contributed by atoms with Crippen molar-refractivity contribution in [2.75, 3.05) is 7.11 Å². The van der Waals surface area contributed by atoms with Crippen molar-refractivity contribution in [2.45, 2.75) is 31.8 Å². The minimum Gasteiger partial charge on any atom is -0.381 e. The normalized spacial score (nSPS) is 39.3. The third-order valence-electron chi connectivity index (χ3n) is 3.31. The molecule has 2 aliphatic rings. The Bertz CT molecular complexity index is 247. The average molecular weight is 182 g/mol. The lowest BCUT2D eigenvalue weighted by atomic mass is 9.79. The van der Waals surface area contributed by atoms with Gasteiger partial charge in [0.1, 0.15) is 11.6 Å². The summed E-state index contributed by atoms with van der Waals surface area (Å²) in [5, 5.41) is 0. The van der Waals surface area contributed by atoms with E-state index in [0.717, 1.165) is 19.3 Å². The van der Waals surface area contributed by atoms with Crippen molar-refractivity contribution in [3.05, 3.63) is 0 Å². The van der Waals surface area contributed by atoms with Gasteiger partial charge in [-0.2, -0.15) is 0 Å². The van der Waals surface area contributed by atoms with E-state index in [9.17, 15) is 9.59 Å². The van der Waals surface area contributed by atoms with Gasteiger partial charge < -0.3 is 4.74 Å². The second-order valence-electron chi connectivity index (χ2n) is 3.99. The molecule has 0 bridgehead atoms. The van der Waals surface area contributed by atoms with Crippen molar-refractivity contribution in [3.8, 4) is 0 Å². The fourth-order valence-electron chi connectivity index (χ4n) is 2.52. The summed E-state index contributed by atoms with van der Waals surface area (Å²) in [4.78, 5) is 22.8. The van der Waals surface area contributed by atoms with Gasteiger partial charge >= 0.3 is 0 Å². The highest BCUT2D eigenvalue weighted by atomic mass is 16.5. The van der Waals surface area contributed by atoms with E-state index in [1.54, 1.807) is 7.11 Å². The Labute approximate surface area is 77.4 Å². The van der Waals surface area contributed by atoms with E-state index in [1.165, 1.54) is 0 Å². The second-order valence-corrected chi connectivity index (χ2v) is 3.99. The molecule has 2 aliphatic carbocycles. The maximum absolute atomic E-state index is 11.4. The number of fused-ring (bicyclic) bond motifs is 1. The molecule has 0 heterocycles. The first kappa shape index (κ1) is 8.88. The highest BCUT2D eigenvalue weighted by Crippen LogP contribution is 2.38. The van der Waals surface area contributed by atoms with Gasteiger partial charge in [-0.05, 0) is 19.3 Å². The molecule has 0 aromatic carbocycles. The Hall–Kier alpha value is -0.700. The molecule has 0 spiro atoms. The molecular weight excluding hydrogens is 168 g/mol. The predicted molar refractivity (Wildman–Crippen MR) is 46.3 cm³/mol. The third kappa shape index (κ3) is 1.41. The lowest BCUT2D eigenvalue weighted by Gasteiger charge is -2.28. The molecule has 13 heavy (non-hydrogen) atoms. The van der Waals surface area contributed by atoms with Crippen molar-refractivity contribution in [1.29, 1.82) is 0 Å². The van der Waals surface area contributed by atoms with E-state index in [2.05, 4.69) is 0 Å². The van der Waals surface area contributed by atoms with Crippen LogP contribution in [0.25, 0.3) is 0 Å². The quantitative estimate of drug-likeness (QED) is 0.567. The van der Waals surface area contributed by atoms with Crippen LogP contribution in [0.4, 0.5) is 0 Å². The predicted octanol–water partition coefficient (Wildman–Crippen LogP) is 0.960. The minimum atomic E-state index is -0.0220. The zero-order valence-electron chi connectivity index (χ0n) is 7.79. The van der Waals surface area contributed by atoms with Crippen molar-refractivity contribution in [1.82, 2.24) is 0 Å². The first-order chi connectivity index (χ1) is 6.22. The number of carbonyl (C=O) groups is 2. The number of hydrogen-bond donors (Lipinski definition) is 0. The highest BCUT2D eigenvalue weighted by Gasteiger charge is 2.44. The van der Waals surface area contributed by atoms with Crippen molar-refractivity contribution in [2.24, 2.45) is 11.8 Å². The molecule has 0 N–H and O–H groups in total. The summed E-state index contributed by atoms with van der Waals surface area (Å²) < 4.78 is 5.22. The van der Waals surface area contributed by atoms with Gasteiger partial charge in [-0.1, -0.05) is 0 Å². The van der Waals surface area contributed by atoms with Crippen LogP contribution in [0.15, 0.2) is 0 Å². The molecule has 0 amide bonds. The molecule has 3 heteroatoms. The van der Waals surface area contributed by atoms with E-state index < -0.39 is 0 Å². The number of rotatable bonds is 1. The molecule has 72 valence electrons. The molecule has 0 saturated heterocycles. The Morgan fingerprint density at radius 2 is 1.85 bits per heavy atom. The van der Waals surface area contributed by atoms with Crippen LogP contribution in [0, 0.1) is 11.8 Å². The van der Waals surface area contributed by atoms with Gasteiger partial charge in [-0.3, -0.25) is 9.59 Å². The first-order valence-electron chi connectivity index (χ1n) is 4.80. The summed E-state index contributed by atoms with van der Waals surface area (Å²) in [5.41, 5.74) is 0. The van der Waals surface area contributed by atoms with E-state index in [0.29, 0.717) is 0 Å². The van der Waals surface area contributed by atoms with Gasteiger partial charge in [0.15, 0.2) is 0 Å². The molecule has 0 aliphatic heterocycles. The van der Waals surface area contributed by atoms with E-state index in [4.69, 9.17) is 4.74 Å². The van der Waals surface area contributed by atoms with Crippen molar-refractivity contribution < 1.29 is 14.3 Å². The summed E-state index contributed by atoms with van der Waals surface area (Å²) >= 11 is 0. The number of carbonyl (C=O) groups excluding carboxylic acids is 2.